The quantitative estimate of drug-likeness (QED) is 0.582. The fourth-order valence-electron chi connectivity index (χ4n) is 2.25. The van der Waals surface area contributed by atoms with Crippen LogP contribution >= 0.6 is 22.9 Å². The van der Waals surface area contributed by atoms with Crippen LogP contribution in [0.1, 0.15) is 17.3 Å². The Morgan fingerprint density at radius 2 is 1.78 bits per heavy atom. The first kappa shape index (κ1) is 20.9. The van der Waals surface area contributed by atoms with E-state index in [0.29, 0.717) is 21.2 Å². The summed E-state index contributed by atoms with van der Waals surface area (Å²) in [4.78, 5) is 35.8. The lowest BCUT2D eigenvalue weighted by atomic mass is 10.0. The molecule has 0 radical (unpaired) electrons. The van der Waals surface area contributed by atoms with E-state index in [9.17, 15) is 14.4 Å². The van der Waals surface area contributed by atoms with Crippen molar-refractivity contribution in [3.63, 3.8) is 0 Å². The second-order valence-electron chi connectivity index (χ2n) is 5.41. The van der Waals surface area contributed by atoms with Crippen LogP contribution in [0.15, 0.2) is 29.6 Å². The van der Waals surface area contributed by atoms with E-state index < -0.39 is 5.97 Å². The van der Waals surface area contributed by atoms with Crippen LogP contribution in [0.4, 0.5) is 5.00 Å². The number of carbonyl (C=O) groups is 3. The summed E-state index contributed by atoms with van der Waals surface area (Å²) in [5.41, 5.74) is 1.74. The molecule has 0 atom stereocenters. The maximum Gasteiger partial charge on any atom is 0.341 e. The molecule has 0 aliphatic heterocycles. The molecule has 9 heteroatoms. The first-order chi connectivity index (χ1) is 13.0. The summed E-state index contributed by atoms with van der Waals surface area (Å²) < 4.78 is 5.14. The number of benzene rings is 1. The predicted octanol–water partition coefficient (Wildman–Crippen LogP) is 2.52. The van der Waals surface area contributed by atoms with E-state index in [4.69, 9.17) is 16.3 Å². The number of halogens is 1. The van der Waals surface area contributed by atoms with E-state index in [0.717, 1.165) is 5.56 Å². The number of likely N-dealkylation sites (N-methyl/N-ethyl adjacent to an activating group) is 1. The molecule has 0 saturated carbocycles. The summed E-state index contributed by atoms with van der Waals surface area (Å²) in [6, 6.07) is 7.04. The number of rotatable bonds is 8. The average Bonchev–Trinajstić information content (AvgIpc) is 3.05. The molecule has 0 bridgehead atoms. The molecule has 1 heterocycles. The molecular weight excluding hydrogens is 390 g/mol. The van der Waals surface area contributed by atoms with Crippen LogP contribution in [-0.4, -0.2) is 44.5 Å². The van der Waals surface area contributed by atoms with E-state index in [-0.39, 0.29) is 31.5 Å². The van der Waals surface area contributed by atoms with Gasteiger partial charge in [-0.3, -0.25) is 14.9 Å². The number of esters is 1. The Morgan fingerprint density at radius 1 is 1.11 bits per heavy atom. The lowest BCUT2D eigenvalue weighted by Crippen LogP contribution is -2.36. The number of carbonyl (C=O) groups excluding carboxylic acids is 3. The first-order valence-electron chi connectivity index (χ1n) is 8.22. The van der Waals surface area contributed by atoms with E-state index in [2.05, 4.69) is 16.0 Å². The minimum absolute atomic E-state index is 0.0229. The Balaban J connectivity index is 2.20. The zero-order chi connectivity index (χ0) is 19.8. The highest BCUT2D eigenvalue weighted by molar-refractivity contribution is 7.15. The minimum Gasteiger partial charge on any atom is -0.462 e. The van der Waals surface area contributed by atoms with Crippen LogP contribution in [0.25, 0.3) is 11.1 Å². The molecule has 0 aliphatic carbocycles. The molecule has 144 valence electrons. The third-order valence-corrected chi connectivity index (χ3v) is 4.68. The van der Waals surface area contributed by atoms with Gasteiger partial charge in [-0.15, -0.1) is 11.3 Å². The van der Waals surface area contributed by atoms with Gasteiger partial charge in [-0.2, -0.15) is 0 Å². The number of nitrogens with one attached hydrogen (secondary N) is 3. The maximum atomic E-state index is 12.4. The number of hydrogen-bond donors (Lipinski definition) is 3. The molecule has 7 nitrogen and oxygen atoms in total. The van der Waals surface area contributed by atoms with Crippen LogP contribution in [0.3, 0.4) is 0 Å². The normalized spacial score (nSPS) is 10.3. The largest absolute Gasteiger partial charge is 0.462 e. The molecule has 0 saturated heterocycles. The van der Waals surface area contributed by atoms with Gasteiger partial charge in [0.05, 0.1) is 19.7 Å². The Bertz CT molecular complexity index is 821. The Morgan fingerprint density at radius 3 is 2.41 bits per heavy atom. The van der Waals surface area contributed by atoms with Crippen molar-refractivity contribution < 1.29 is 19.1 Å². The molecule has 0 spiro atoms. The van der Waals surface area contributed by atoms with Gasteiger partial charge in [0.15, 0.2) is 0 Å². The molecule has 27 heavy (non-hydrogen) atoms. The van der Waals surface area contributed by atoms with E-state index in [1.807, 2.05) is 0 Å². The van der Waals surface area contributed by atoms with Crippen LogP contribution in [0, 0.1) is 0 Å². The van der Waals surface area contributed by atoms with Gasteiger partial charge in [-0.1, -0.05) is 23.7 Å². The predicted molar refractivity (Wildman–Crippen MR) is 106 cm³/mol. The van der Waals surface area contributed by atoms with Gasteiger partial charge in [-0.05, 0) is 24.6 Å². The Kier molecular flexibility index (Phi) is 7.78. The van der Waals surface area contributed by atoms with Gasteiger partial charge < -0.3 is 15.4 Å². The standard InChI is InChI=1S/C18H20ClN3O4S/c1-3-26-18(25)16-13(11-4-6-12(19)7-5-11)10-27-17(16)22-15(24)9-21-8-14(23)20-2/h4-7,10,21H,3,8-9H2,1-2H3,(H,20,23)(H,22,24). The minimum atomic E-state index is -0.516. The SMILES string of the molecule is CCOC(=O)c1c(-c2ccc(Cl)cc2)csc1NC(=O)CNCC(=O)NC. The van der Waals surface area contributed by atoms with Crippen molar-refractivity contribution in [2.45, 2.75) is 6.92 Å². The summed E-state index contributed by atoms with van der Waals surface area (Å²) in [5.74, 6) is -1.11. The smallest absolute Gasteiger partial charge is 0.341 e. The highest BCUT2D eigenvalue weighted by Crippen LogP contribution is 2.36. The number of thiophene rings is 1. The fraction of sp³-hybridized carbons (Fsp3) is 0.278. The molecule has 2 amide bonds. The summed E-state index contributed by atoms with van der Waals surface area (Å²) in [6.07, 6.45) is 0. The van der Waals surface area contributed by atoms with Crippen molar-refractivity contribution in [1.82, 2.24) is 10.6 Å². The van der Waals surface area contributed by atoms with Crippen molar-refractivity contribution in [2.24, 2.45) is 0 Å². The summed E-state index contributed by atoms with van der Waals surface area (Å²) in [6.45, 7) is 1.89. The third-order valence-electron chi connectivity index (χ3n) is 3.53. The second-order valence-corrected chi connectivity index (χ2v) is 6.72. The van der Waals surface area contributed by atoms with Gasteiger partial charge in [0.2, 0.25) is 11.8 Å². The van der Waals surface area contributed by atoms with E-state index in [1.54, 1.807) is 36.6 Å². The molecule has 0 fully saturated rings. The molecule has 2 rings (SSSR count). The van der Waals surface area contributed by atoms with Crippen molar-refractivity contribution >= 4 is 45.7 Å². The van der Waals surface area contributed by atoms with Gasteiger partial charge >= 0.3 is 5.97 Å². The number of anilines is 1. The van der Waals surface area contributed by atoms with Crippen molar-refractivity contribution in [2.75, 3.05) is 32.1 Å². The maximum absolute atomic E-state index is 12.4. The topological polar surface area (TPSA) is 96.5 Å². The second kappa shape index (κ2) is 10.1. The Labute approximate surface area is 166 Å². The molecular formula is C18H20ClN3O4S. The average molecular weight is 410 g/mol. The summed E-state index contributed by atoms with van der Waals surface area (Å²) in [5, 5.41) is 10.6. The van der Waals surface area contributed by atoms with E-state index in [1.165, 1.54) is 18.4 Å². The Hall–Kier alpha value is -2.42. The summed E-state index contributed by atoms with van der Waals surface area (Å²) in [7, 11) is 1.51. The first-order valence-corrected chi connectivity index (χ1v) is 9.47. The zero-order valence-corrected chi connectivity index (χ0v) is 16.5. The van der Waals surface area contributed by atoms with Crippen LogP contribution < -0.4 is 16.0 Å². The monoisotopic (exact) mass is 409 g/mol. The van der Waals surface area contributed by atoms with Crippen LogP contribution in [-0.2, 0) is 14.3 Å². The van der Waals surface area contributed by atoms with Crippen molar-refractivity contribution in [3.8, 4) is 11.1 Å². The van der Waals surface area contributed by atoms with Crippen molar-refractivity contribution in [3.05, 3.63) is 40.2 Å². The lowest BCUT2D eigenvalue weighted by molar-refractivity contribution is -0.120. The molecule has 0 unspecified atom stereocenters. The fourth-order valence-corrected chi connectivity index (χ4v) is 3.35. The molecule has 3 N–H and O–H groups in total. The summed E-state index contributed by atoms with van der Waals surface area (Å²) >= 11 is 7.15. The number of hydrogen-bond acceptors (Lipinski definition) is 6. The highest BCUT2D eigenvalue weighted by Gasteiger charge is 2.22. The number of amides is 2. The lowest BCUT2D eigenvalue weighted by Gasteiger charge is -2.09. The van der Waals surface area contributed by atoms with Gasteiger partial charge in [0.1, 0.15) is 10.6 Å². The van der Waals surface area contributed by atoms with Gasteiger partial charge in [-0.25, -0.2) is 4.79 Å². The van der Waals surface area contributed by atoms with Crippen molar-refractivity contribution in [1.29, 1.82) is 0 Å². The molecule has 0 aliphatic rings. The molecule has 1 aromatic heterocycles. The van der Waals surface area contributed by atoms with Crippen LogP contribution in [0.5, 0.6) is 0 Å². The zero-order valence-electron chi connectivity index (χ0n) is 14.9. The van der Waals surface area contributed by atoms with Crippen LogP contribution in [0.2, 0.25) is 5.02 Å². The molecule has 2 aromatic rings. The van der Waals surface area contributed by atoms with Gasteiger partial charge in [0, 0.05) is 23.0 Å². The molecule has 1 aromatic carbocycles. The van der Waals surface area contributed by atoms with E-state index >= 15 is 0 Å². The van der Waals surface area contributed by atoms with Gasteiger partial charge in [0.25, 0.3) is 0 Å². The highest BCUT2D eigenvalue weighted by atomic mass is 35.5. The number of ether oxygens (including phenoxy) is 1. The third kappa shape index (κ3) is 5.78.